The fourth-order valence-electron chi connectivity index (χ4n) is 3.08. The first-order chi connectivity index (χ1) is 16.1. The lowest BCUT2D eigenvalue weighted by Gasteiger charge is -2.10. The van der Waals surface area contributed by atoms with Gasteiger partial charge in [-0.15, -0.1) is 11.3 Å². The van der Waals surface area contributed by atoms with Gasteiger partial charge >= 0.3 is 0 Å². The summed E-state index contributed by atoms with van der Waals surface area (Å²) < 4.78 is 11.0. The molecular weight excluding hydrogens is 436 g/mol. The summed E-state index contributed by atoms with van der Waals surface area (Å²) in [5, 5.41) is 6.86. The molecule has 0 unspecified atom stereocenters. The average molecular weight is 461 g/mol. The number of amides is 1. The number of aromatic nitrogens is 1. The molecule has 8 heteroatoms. The molecule has 2 aromatic heterocycles. The fourth-order valence-corrected chi connectivity index (χ4v) is 3.89. The third-order valence-corrected chi connectivity index (χ3v) is 5.79. The number of nitrogens with two attached hydrogens (primary N) is 1. The van der Waals surface area contributed by atoms with Crippen LogP contribution in [0.2, 0.25) is 0 Å². The van der Waals surface area contributed by atoms with E-state index in [9.17, 15) is 4.79 Å². The van der Waals surface area contributed by atoms with Crippen LogP contribution in [-0.4, -0.2) is 18.0 Å². The monoisotopic (exact) mass is 460 g/mol. The number of nitrogens with zero attached hydrogens (tertiary/aromatic N) is 1. The van der Waals surface area contributed by atoms with Gasteiger partial charge in [0, 0.05) is 11.4 Å². The van der Waals surface area contributed by atoms with Crippen LogP contribution in [0.4, 0.5) is 11.6 Å². The van der Waals surface area contributed by atoms with Gasteiger partial charge < -0.3 is 25.8 Å². The molecule has 33 heavy (non-hydrogen) atoms. The number of ether oxygens (including phenoxy) is 2. The average Bonchev–Trinajstić information content (AvgIpc) is 3.29. The second kappa shape index (κ2) is 10.5. The minimum Gasteiger partial charge on any atom is -0.497 e. The summed E-state index contributed by atoms with van der Waals surface area (Å²) in [5.41, 5.74) is 7.45. The number of nitrogens with one attached hydrogen (secondary N) is 2. The van der Waals surface area contributed by atoms with E-state index < -0.39 is 0 Å². The van der Waals surface area contributed by atoms with E-state index in [4.69, 9.17) is 15.2 Å². The number of benzene rings is 2. The van der Waals surface area contributed by atoms with E-state index >= 15 is 0 Å². The molecule has 0 saturated heterocycles. The van der Waals surface area contributed by atoms with E-state index in [1.165, 1.54) is 11.3 Å². The lowest BCUT2D eigenvalue weighted by atomic mass is 10.2. The van der Waals surface area contributed by atoms with Gasteiger partial charge in [-0.2, -0.15) is 0 Å². The molecule has 0 bridgehead atoms. The second-order valence-electron chi connectivity index (χ2n) is 7.15. The molecule has 4 aromatic rings. The predicted octanol–water partition coefficient (Wildman–Crippen LogP) is 5.07. The van der Waals surface area contributed by atoms with Crippen molar-refractivity contribution in [3.05, 3.63) is 94.9 Å². The molecule has 168 valence electrons. The van der Waals surface area contributed by atoms with Crippen LogP contribution in [0.1, 0.15) is 20.8 Å². The lowest BCUT2D eigenvalue weighted by molar-refractivity contribution is 0.0952. The zero-order chi connectivity index (χ0) is 23.0. The number of hydrogen-bond donors (Lipinski definition) is 3. The van der Waals surface area contributed by atoms with Crippen LogP contribution in [-0.2, 0) is 13.1 Å². The van der Waals surface area contributed by atoms with Crippen molar-refractivity contribution < 1.29 is 14.3 Å². The Morgan fingerprint density at radius 3 is 2.45 bits per heavy atom. The molecule has 2 heterocycles. The van der Waals surface area contributed by atoms with Crippen molar-refractivity contribution in [2.45, 2.75) is 13.1 Å². The highest BCUT2D eigenvalue weighted by atomic mass is 32.1. The molecular formula is C25H24N4O3S. The summed E-state index contributed by atoms with van der Waals surface area (Å²) in [6.45, 7) is 0.951. The molecule has 0 aliphatic carbocycles. The molecule has 4 N–H and O–H groups in total. The van der Waals surface area contributed by atoms with Crippen molar-refractivity contribution in [3.63, 3.8) is 0 Å². The molecule has 0 aliphatic rings. The van der Waals surface area contributed by atoms with E-state index in [0.29, 0.717) is 24.5 Å². The second-order valence-corrected chi connectivity index (χ2v) is 8.28. The zero-order valence-electron chi connectivity index (χ0n) is 18.1. The number of methoxy groups -OCH3 is 1. The number of para-hydroxylation sites is 1. The Labute approximate surface area is 196 Å². The first-order valence-corrected chi connectivity index (χ1v) is 11.2. The molecule has 0 radical (unpaired) electrons. The number of pyridine rings is 1. The highest BCUT2D eigenvalue weighted by Crippen LogP contribution is 2.29. The Bertz CT molecular complexity index is 1210. The van der Waals surface area contributed by atoms with E-state index in [0.717, 1.165) is 27.0 Å². The minimum absolute atomic E-state index is 0.173. The fraction of sp³-hybridized carbons (Fsp3) is 0.120. The molecule has 2 aromatic carbocycles. The lowest BCUT2D eigenvalue weighted by Crippen LogP contribution is -2.24. The van der Waals surface area contributed by atoms with Crippen LogP contribution in [0.25, 0.3) is 0 Å². The van der Waals surface area contributed by atoms with Gasteiger partial charge in [-0.1, -0.05) is 30.3 Å². The Morgan fingerprint density at radius 2 is 1.73 bits per heavy atom. The minimum atomic E-state index is -0.277. The highest BCUT2D eigenvalue weighted by Gasteiger charge is 2.12. The van der Waals surface area contributed by atoms with Gasteiger partial charge in [0.05, 0.1) is 19.2 Å². The van der Waals surface area contributed by atoms with Gasteiger partial charge in [0.1, 0.15) is 23.1 Å². The molecule has 7 nitrogen and oxygen atoms in total. The third-order valence-electron chi connectivity index (χ3n) is 4.82. The summed E-state index contributed by atoms with van der Waals surface area (Å²) in [7, 11) is 1.63. The van der Waals surface area contributed by atoms with Gasteiger partial charge in [-0.25, -0.2) is 4.98 Å². The Kier molecular flexibility index (Phi) is 7.06. The van der Waals surface area contributed by atoms with Crippen LogP contribution < -0.4 is 25.8 Å². The predicted molar refractivity (Wildman–Crippen MR) is 131 cm³/mol. The molecule has 0 fully saturated rings. The topological polar surface area (TPSA) is 98.5 Å². The maximum atomic E-state index is 12.6. The van der Waals surface area contributed by atoms with Crippen LogP contribution >= 0.6 is 11.3 Å². The molecule has 4 rings (SSSR count). The van der Waals surface area contributed by atoms with Gasteiger partial charge in [-0.05, 0) is 54.1 Å². The smallest absolute Gasteiger partial charge is 0.255 e. The molecule has 0 aliphatic heterocycles. The van der Waals surface area contributed by atoms with E-state index in [2.05, 4.69) is 15.6 Å². The van der Waals surface area contributed by atoms with Crippen molar-refractivity contribution >= 4 is 28.9 Å². The van der Waals surface area contributed by atoms with Crippen molar-refractivity contribution in [3.8, 4) is 16.6 Å². The van der Waals surface area contributed by atoms with Crippen LogP contribution in [0.5, 0.6) is 16.6 Å². The van der Waals surface area contributed by atoms with Gasteiger partial charge in [0.25, 0.3) is 5.91 Å². The summed E-state index contributed by atoms with van der Waals surface area (Å²) in [5.74, 6) is 2.07. The zero-order valence-corrected chi connectivity index (χ0v) is 18.9. The summed E-state index contributed by atoms with van der Waals surface area (Å²) in [4.78, 5) is 17.9. The Hall–Kier alpha value is -4.04. The van der Waals surface area contributed by atoms with E-state index in [1.807, 2.05) is 66.7 Å². The highest BCUT2D eigenvalue weighted by molar-refractivity contribution is 7.13. The number of rotatable bonds is 9. The van der Waals surface area contributed by atoms with E-state index in [1.54, 1.807) is 19.2 Å². The first kappa shape index (κ1) is 22.2. The third kappa shape index (κ3) is 6.02. The van der Waals surface area contributed by atoms with Crippen LogP contribution in [0.3, 0.4) is 0 Å². The normalized spacial score (nSPS) is 10.5. The number of carbonyl (C=O) groups is 1. The Balaban J connectivity index is 1.30. The number of thiophene rings is 1. The van der Waals surface area contributed by atoms with Crippen molar-refractivity contribution in [2.75, 3.05) is 18.2 Å². The number of hydrogen-bond acceptors (Lipinski definition) is 7. The summed E-state index contributed by atoms with van der Waals surface area (Å²) in [6, 6.07) is 24.5. The standard InChI is InChI=1S/C25H24N4O3S/c1-31-18-9-7-17(8-10-18)15-27-22-13-12-21(24(26)29-22)25(30)28-16-20-11-14-23(33-20)32-19-5-3-2-4-6-19/h2-14H,15-16H2,1H3,(H,28,30)(H3,26,27,29). The maximum absolute atomic E-state index is 12.6. The van der Waals surface area contributed by atoms with Crippen LogP contribution in [0, 0.1) is 0 Å². The number of carbonyl (C=O) groups excluding carboxylic acids is 1. The molecule has 0 spiro atoms. The molecule has 0 atom stereocenters. The largest absolute Gasteiger partial charge is 0.497 e. The van der Waals surface area contributed by atoms with Crippen LogP contribution in [0.15, 0.2) is 78.9 Å². The molecule has 0 saturated carbocycles. The maximum Gasteiger partial charge on any atom is 0.255 e. The van der Waals surface area contributed by atoms with Gasteiger partial charge in [-0.3, -0.25) is 4.79 Å². The SMILES string of the molecule is COc1ccc(CNc2ccc(C(=O)NCc3ccc(Oc4ccccc4)s3)c(N)n2)cc1. The van der Waals surface area contributed by atoms with Crippen molar-refractivity contribution in [1.82, 2.24) is 10.3 Å². The summed E-state index contributed by atoms with van der Waals surface area (Å²) in [6.07, 6.45) is 0. The number of nitrogen functional groups attached to an aromatic ring is 1. The Morgan fingerprint density at radius 1 is 0.939 bits per heavy atom. The number of anilines is 2. The first-order valence-electron chi connectivity index (χ1n) is 10.3. The van der Waals surface area contributed by atoms with Gasteiger partial charge in [0.2, 0.25) is 0 Å². The van der Waals surface area contributed by atoms with Crippen molar-refractivity contribution in [2.24, 2.45) is 0 Å². The quantitative estimate of drug-likeness (QED) is 0.323. The molecule has 1 amide bonds. The van der Waals surface area contributed by atoms with Gasteiger partial charge in [0.15, 0.2) is 5.06 Å². The van der Waals surface area contributed by atoms with E-state index in [-0.39, 0.29) is 11.7 Å². The van der Waals surface area contributed by atoms with Crippen molar-refractivity contribution in [1.29, 1.82) is 0 Å². The summed E-state index contributed by atoms with van der Waals surface area (Å²) >= 11 is 1.48.